The SMILES string of the molecule is O=C1C[C@@H](c2cccs2)Cc2nc(NC3CC3)ncc21. The van der Waals surface area contributed by atoms with Crippen LogP contribution in [0.1, 0.15) is 46.1 Å². The van der Waals surface area contributed by atoms with Crippen LogP contribution in [0, 0.1) is 0 Å². The summed E-state index contributed by atoms with van der Waals surface area (Å²) in [7, 11) is 0. The molecule has 0 aromatic carbocycles. The molecular weight excluding hydrogens is 270 g/mol. The van der Waals surface area contributed by atoms with Gasteiger partial charge in [-0.15, -0.1) is 11.3 Å². The number of carbonyl (C=O) groups excluding carboxylic acids is 1. The number of fused-ring (bicyclic) bond motifs is 1. The van der Waals surface area contributed by atoms with Crippen LogP contribution in [0.25, 0.3) is 0 Å². The average molecular weight is 285 g/mol. The molecule has 0 unspecified atom stereocenters. The van der Waals surface area contributed by atoms with Crippen molar-refractivity contribution in [2.45, 2.75) is 37.6 Å². The molecule has 0 amide bonds. The zero-order valence-electron chi connectivity index (χ0n) is 11.0. The van der Waals surface area contributed by atoms with Gasteiger partial charge in [0.05, 0.1) is 11.3 Å². The van der Waals surface area contributed by atoms with Gasteiger partial charge in [-0.3, -0.25) is 4.79 Å². The summed E-state index contributed by atoms with van der Waals surface area (Å²) in [5.41, 5.74) is 1.61. The monoisotopic (exact) mass is 285 g/mol. The minimum absolute atomic E-state index is 0.169. The van der Waals surface area contributed by atoms with Gasteiger partial charge in [-0.1, -0.05) is 6.07 Å². The van der Waals surface area contributed by atoms with E-state index in [1.165, 1.54) is 17.7 Å². The van der Waals surface area contributed by atoms with Crippen molar-refractivity contribution in [3.63, 3.8) is 0 Å². The highest BCUT2D eigenvalue weighted by atomic mass is 32.1. The van der Waals surface area contributed by atoms with Crippen LogP contribution in [0.3, 0.4) is 0 Å². The van der Waals surface area contributed by atoms with E-state index in [0.717, 1.165) is 12.1 Å². The number of thiophene rings is 1. The third kappa shape index (κ3) is 2.22. The maximum absolute atomic E-state index is 12.2. The van der Waals surface area contributed by atoms with Gasteiger partial charge in [0.1, 0.15) is 0 Å². The van der Waals surface area contributed by atoms with Gasteiger partial charge in [-0.05, 0) is 30.7 Å². The third-order valence-corrected chi connectivity index (χ3v) is 4.93. The number of hydrogen-bond donors (Lipinski definition) is 1. The summed E-state index contributed by atoms with van der Waals surface area (Å²) in [6, 6.07) is 4.68. The fourth-order valence-corrected chi connectivity index (χ4v) is 3.48. The Morgan fingerprint density at radius 1 is 1.30 bits per heavy atom. The van der Waals surface area contributed by atoms with Crippen LogP contribution in [0.4, 0.5) is 5.95 Å². The Morgan fingerprint density at radius 3 is 2.95 bits per heavy atom. The highest BCUT2D eigenvalue weighted by molar-refractivity contribution is 7.10. The number of nitrogens with zero attached hydrogens (tertiary/aromatic N) is 2. The predicted molar refractivity (Wildman–Crippen MR) is 78.4 cm³/mol. The van der Waals surface area contributed by atoms with Crippen molar-refractivity contribution in [2.24, 2.45) is 0 Å². The number of rotatable bonds is 3. The summed E-state index contributed by atoms with van der Waals surface area (Å²) in [4.78, 5) is 22.4. The second-order valence-corrected chi connectivity index (χ2v) is 6.50. The Balaban J connectivity index is 1.64. The van der Waals surface area contributed by atoms with Gasteiger partial charge in [-0.25, -0.2) is 9.97 Å². The Hall–Kier alpha value is -1.75. The molecule has 0 bridgehead atoms. The Morgan fingerprint density at radius 2 is 2.20 bits per heavy atom. The van der Waals surface area contributed by atoms with E-state index in [1.54, 1.807) is 17.5 Å². The molecule has 0 radical (unpaired) electrons. The van der Waals surface area contributed by atoms with Gasteiger partial charge in [0.15, 0.2) is 5.78 Å². The normalized spacial score (nSPS) is 21.6. The van der Waals surface area contributed by atoms with Crippen molar-refractivity contribution in [3.05, 3.63) is 39.8 Å². The van der Waals surface area contributed by atoms with E-state index < -0.39 is 0 Å². The molecule has 2 aliphatic rings. The van der Waals surface area contributed by atoms with Gasteiger partial charge in [0, 0.05) is 29.5 Å². The summed E-state index contributed by atoms with van der Waals surface area (Å²) in [6.45, 7) is 0. The van der Waals surface area contributed by atoms with Gasteiger partial charge < -0.3 is 5.32 Å². The minimum atomic E-state index is 0.169. The van der Waals surface area contributed by atoms with Gasteiger partial charge in [0.2, 0.25) is 5.95 Å². The van der Waals surface area contributed by atoms with E-state index >= 15 is 0 Å². The van der Waals surface area contributed by atoms with Crippen LogP contribution in [0.15, 0.2) is 23.7 Å². The van der Waals surface area contributed by atoms with Crippen molar-refractivity contribution in [1.29, 1.82) is 0 Å². The van der Waals surface area contributed by atoms with Crippen LogP contribution in [-0.2, 0) is 6.42 Å². The average Bonchev–Trinajstić information content (AvgIpc) is 3.08. The highest BCUT2D eigenvalue weighted by Crippen LogP contribution is 2.34. The van der Waals surface area contributed by atoms with Crippen molar-refractivity contribution in [3.8, 4) is 0 Å². The van der Waals surface area contributed by atoms with Crippen LogP contribution >= 0.6 is 11.3 Å². The molecule has 0 aliphatic heterocycles. The molecule has 1 fully saturated rings. The van der Waals surface area contributed by atoms with Crippen molar-refractivity contribution in [1.82, 2.24) is 9.97 Å². The van der Waals surface area contributed by atoms with E-state index in [9.17, 15) is 4.79 Å². The summed E-state index contributed by atoms with van der Waals surface area (Å²) in [6.07, 6.45) is 5.49. The lowest BCUT2D eigenvalue weighted by atomic mass is 9.86. The molecule has 1 saturated carbocycles. The molecule has 1 atom stereocenters. The van der Waals surface area contributed by atoms with Crippen LogP contribution in [-0.4, -0.2) is 21.8 Å². The highest BCUT2D eigenvalue weighted by Gasteiger charge is 2.29. The van der Waals surface area contributed by atoms with E-state index in [0.29, 0.717) is 24.0 Å². The summed E-state index contributed by atoms with van der Waals surface area (Å²) in [5.74, 6) is 1.12. The molecule has 102 valence electrons. The zero-order valence-corrected chi connectivity index (χ0v) is 11.8. The quantitative estimate of drug-likeness (QED) is 0.941. The standard InChI is InChI=1S/C15H15N3OS/c19-13-7-9(14-2-1-5-20-14)6-12-11(13)8-16-15(18-12)17-10-3-4-10/h1-2,5,8-10H,3-4,6-7H2,(H,16,17,18)/t9-/m0/s1. The first-order chi connectivity index (χ1) is 9.79. The Labute approximate surface area is 121 Å². The van der Waals surface area contributed by atoms with E-state index in [-0.39, 0.29) is 11.7 Å². The molecule has 5 heteroatoms. The smallest absolute Gasteiger partial charge is 0.223 e. The lowest BCUT2D eigenvalue weighted by Gasteiger charge is -2.22. The molecule has 2 heterocycles. The van der Waals surface area contributed by atoms with Crippen LogP contribution in [0.2, 0.25) is 0 Å². The summed E-state index contributed by atoms with van der Waals surface area (Å²) < 4.78 is 0. The Bertz CT molecular complexity index is 649. The van der Waals surface area contributed by atoms with Gasteiger partial charge in [-0.2, -0.15) is 0 Å². The number of Topliss-reactive ketones (excluding diaryl/α,β-unsaturated/α-hetero) is 1. The van der Waals surface area contributed by atoms with Crippen molar-refractivity contribution >= 4 is 23.1 Å². The Kier molecular flexibility index (Phi) is 2.80. The molecule has 0 saturated heterocycles. The number of nitrogens with one attached hydrogen (secondary N) is 1. The fourth-order valence-electron chi connectivity index (χ4n) is 2.65. The van der Waals surface area contributed by atoms with E-state index in [2.05, 4.69) is 26.7 Å². The second-order valence-electron chi connectivity index (χ2n) is 5.52. The summed E-state index contributed by atoms with van der Waals surface area (Å²) >= 11 is 1.72. The maximum atomic E-state index is 12.2. The molecular formula is C15H15N3OS. The van der Waals surface area contributed by atoms with Crippen LogP contribution < -0.4 is 5.32 Å². The van der Waals surface area contributed by atoms with Crippen LogP contribution in [0.5, 0.6) is 0 Å². The topological polar surface area (TPSA) is 54.9 Å². The zero-order chi connectivity index (χ0) is 13.5. The van der Waals surface area contributed by atoms with Gasteiger partial charge >= 0.3 is 0 Å². The first kappa shape index (κ1) is 12.0. The van der Waals surface area contributed by atoms with Crippen molar-refractivity contribution < 1.29 is 4.79 Å². The lowest BCUT2D eigenvalue weighted by molar-refractivity contribution is 0.0963. The number of aromatic nitrogens is 2. The molecule has 2 aliphatic carbocycles. The first-order valence-corrected chi connectivity index (χ1v) is 7.86. The number of anilines is 1. The molecule has 1 N–H and O–H groups in total. The minimum Gasteiger partial charge on any atom is -0.351 e. The molecule has 4 nitrogen and oxygen atoms in total. The molecule has 0 spiro atoms. The molecule has 20 heavy (non-hydrogen) atoms. The largest absolute Gasteiger partial charge is 0.351 e. The first-order valence-electron chi connectivity index (χ1n) is 6.98. The second kappa shape index (κ2) is 4.66. The number of carbonyl (C=O) groups is 1. The predicted octanol–water partition coefficient (Wildman–Crippen LogP) is 3.03. The molecule has 2 aromatic heterocycles. The lowest BCUT2D eigenvalue weighted by Crippen LogP contribution is -2.21. The third-order valence-electron chi connectivity index (χ3n) is 3.90. The van der Waals surface area contributed by atoms with E-state index in [4.69, 9.17) is 0 Å². The van der Waals surface area contributed by atoms with Crippen molar-refractivity contribution in [2.75, 3.05) is 5.32 Å². The molecule has 2 aromatic rings. The fraction of sp³-hybridized carbons (Fsp3) is 0.400. The van der Waals surface area contributed by atoms with Gasteiger partial charge in [0.25, 0.3) is 0 Å². The number of hydrogen-bond acceptors (Lipinski definition) is 5. The maximum Gasteiger partial charge on any atom is 0.223 e. The van der Waals surface area contributed by atoms with E-state index in [1.807, 2.05) is 6.07 Å². The summed E-state index contributed by atoms with van der Waals surface area (Å²) in [5, 5.41) is 5.36. The number of ketones is 1. The molecule has 4 rings (SSSR count).